The molecular formula is C42H50O16P2. The summed E-state index contributed by atoms with van der Waals surface area (Å²) in [6.45, 7) is 0.497. The van der Waals surface area contributed by atoms with E-state index in [4.69, 9.17) is 34.7 Å². The van der Waals surface area contributed by atoms with Crippen molar-refractivity contribution in [2.75, 3.05) is 13.2 Å². The van der Waals surface area contributed by atoms with Crippen LogP contribution < -0.4 is 0 Å². The van der Waals surface area contributed by atoms with E-state index in [0.717, 1.165) is 32.1 Å². The zero-order valence-corrected chi connectivity index (χ0v) is 34.9. The second-order valence-corrected chi connectivity index (χ2v) is 15.6. The largest absolute Gasteiger partial charge is 0.472 e. The first kappa shape index (κ1) is 53.5. The van der Waals surface area contributed by atoms with E-state index in [1.54, 1.807) is 0 Å². The Hall–Kier alpha value is -4.52. The quantitative estimate of drug-likeness (QED) is 0.0241. The molecule has 0 amide bonds. The van der Waals surface area contributed by atoms with Gasteiger partial charge < -0.3 is 44.6 Å². The van der Waals surface area contributed by atoms with Crippen molar-refractivity contribution in [3.8, 4) is 95.2 Å². The molecule has 0 aromatic rings. The first-order valence-corrected chi connectivity index (χ1v) is 22.1. The molecule has 16 nitrogen and oxygen atoms in total. The molecule has 1 fully saturated rings. The van der Waals surface area contributed by atoms with Crippen LogP contribution in [0.2, 0.25) is 0 Å². The summed E-state index contributed by atoms with van der Waals surface area (Å²) in [5, 5.41) is 41.0. The molecule has 18 heteroatoms. The van der Waals surface area contributed by atoms with Crippen LogP contribution in [0.1, 0.15) is 96.8 Å². The van der Waals surface area contributed by atoms with Gasteiger partial charge in [0.25, 0.3) is 0 Å². The van der Waals surface area contributed by atoms with Crippen LogP contribution in [-0.2, 0) is 41.8 Å². The molecule has 7 N–H and O–H groups in total. The third-order valence-electron chi connectivity index (χ3n) is 8.15. The second-order valence-electron chi connectivity index (χ2n) is 13.0. The summed E-state index contributed by atoms with van der Waals surface area (Å²) in [6, 6.07) is 0. The summed E-state index contributed by atoms with van der Waals surface area (Å²) in [4.78, 5) is 53.6. The number of esters is 2. The zero-order valence-electron chi connectivity index (χ0n) is 33.1. The van der Waals surface area contributed by atoms with Crippen LogP contribution in [0.3, 0.4) is 0 Å². The molecule has 1 rings (SSSR count). The number of hydrogen-bond acceptors (Lipinski definition) is 13. The van der Waals surface area contributed by atoms with Crippen molar-refractivity contribution in [1.29, 1.82) is 0 Å². The van der Waals surface area contributed by atoms with E-state index in [0.29, 0.717) is 6.42 Å². The van der Waals surface area contributed by atoms with Gasteiger partial charge in [-0.15, -0.1) is 6.42 Å². The van der Waals surface area contributed by atoms with Gasteiger partial charge in [-0.3, -0.25) is 18.4 Å². The number of phosphoric acid groups is 2. The number of hydrogen-bond donors (Lipinski definition) is 7. The normalized spacial score (nSPS) is 20.3. The van der Waals surface area contributed by atoms with Crippen LogP contribution in [0.25, 0.3) is 0 Å². The first-order valence-electron chi connectivity index (χ1n) is 19.1. The predicted octanol–water partition coefficient (Wildman–Crippen LogP) is 2.02. The number of ether oxygens (including phenoxy) is 2. The lowest BCUT2D eigenvalue weighted by Gasteiger charge is -2.43. The maximum absolute atomic E-state index is 12.9. The summed E-state index contributed by atoms with van der Waals surface area (Å²) in [5.41, 5.74) is 0. The molecule has 324 valence electrons. The number of aliphatic hydroxyl groups is 4. The standard InChI is InChI=1S/C42H50O16P2/c1-3-5-7-9-11-13-15-17-19-20-22-24-26-28-30-35(43)54-32-34(56-36(44)31-29-27-25-23-21-18-16-14-12-10-8-6-4-2)33-55-60(52,53)58-42-39(47)37(45)38(46)41(40(42)48)57-59(49,50)51/h1,34,37-42,45-48H,4,6,8,10,12,14,16,18,21,23,25,27,29,31-33H2,2H3,(H,52,53)(H2,49,50,51)/t34-,37?,38-,39+,40?,41-,42?/m1/s1. The highest BCUT2D eigenvalue weighted by Gasteiger charge is 2.54. The number of carbonyl (C=O) groups excluding carboxylic acids is 2. The first-order chi connectivity index (χ1) is 28.6. The highest BCUT2D eigenvalue weighted by atomic mass is 31.2. The Morgan fingerprint density at radius 1 is 0.583 bits per heavy atom. The van der Waals surface area contributed by atoms with Crippen molar-refractivity contribution in [3.05, 3.63) is 0 Å². The highest BCUT2D eigenvalue weighted by molar-refractivity contribution is 7.47. The van der Waals surface area contributed by atoms with Gasteiger partial charge in [0.15, 0.2) is 6.10 Å². The van der Waals surface area contributed by atoms with E-state index in [1.165, 1.54) is 44.9 Å². The SMILES string of the molecule is C#CC#CC#CC#CC#CC#CC#CC#CC(=O)OC[C@H](COP(=O)(O)OC1C(O)[C@H](OP(=O)(O)O)[C@H](O)C(O)[C@@H]1O)OC(=O)CCCCCCCCCCCCCCC. The van der Waals surface area contributed by atoms with Crippen LogP contribution in [0.15, 0.2) is 0 Å². The molecule has 0 heterocycles. The van der Waals surface area contributed by atoms with Crippen molar-refractivity contribution >= 4 is 27.6 Å². The Morgan fingerprint density at radius 2 is 1.02 bits per heavy atom. The van der Waals surface area contributed by atoms with E-state index in [-0.39, 0.29) is 6.42 Å². The molecule has 0 bridgehead atoms. The summed E-state index contributed by atoms with van der Waals surface area (Å²) in [6.07, 6.45) is 3.74. The second kappa shape index (κ2) is 31.4. The Bertz CT molecular complexity index is 1970. The molecule has 0 aromatic carbocycles. The molecule has 0 spiro atoms. The van der Waals surface area contributed by atoms with Crippen molar-refractivity contribution in [1.82, 2.24) is 0 Å². The number of unbranched alkanes of at least 4 members (excludes halogenated alkanes) is 12. The Balaban J connectivity index is 2.84. The fraction of sp³-hybridized carbons (Fsp3) is 0.571. The van der Waals surface area contributed by atoms with Gasteiger partial charge in [-0.25, -0.2) is 13.9 Å². The molecule has 0 aromatic heterocycles. The Morgan fingerprint density at radius 3 is 1.48 bits per heavy atom. The fourth-order valence-electron chi connectivity index (χ4n) is 5.27. The number of aliphatic hydroxyl groups excluding tert-OH is 4. The van der Waals surface area contributed by atoms with Crippen LogP contribution in [-0.4, -0.2) is 103 Å². The van der Waals surface area contributed by atoms with Gasteiger partial charge in [0.05, 0.1) is 6.61 Å². The third-order valence-corrected chi connectivity index (χ3v) is 9.66. The number of terminal acetylenes is 1. The predicted molar refractivity (Wildman–Crippen MR) is 216 cm³/mol. The smallest absolute Gasteiger partial charge is 0.456 e. The molecule has 1 aliphatic rings. The van der Waals surface area contributed by atoms with Gasteiger partial charge in [0, 0.05) is 12.3 Å². The van der Waals surface area contributed by atoms with Crippen molar-refractivity contribution < 1.29 is 76.9 Å². The number of carbonyl (C=O) groups is 2. The van der Waals surface area contributed by atoms with Gasteiger partial charge in [-0.1, -0.05) is 84.0 Å². The molecular weight excluding hydrogens is 822 g/mol. The van der Waals surface area contributed by atoms with Crippen molar-refractivity contribution in [3.63, 3.8) is 0 Å². The number of phosphoric ester groups is 2. The summed E-state index contributed by atoms with van der Waals surface area (Å²) in [7, 11) is -10.8. The lowest BCUT2D eigenvalue weighted by molar-refractivity contribution is -0.216. The van der Waals surface area contributed by atoms with Crippen LogP contribution in [0.4, 0.5) is 0 Å². The molecule has 0 radical (unpaired) electrons. The minimum atomic E-state index is -5.40. The Kier molecular flexibility index (Phi) is 28.0. The third kappa shape index (κ3) is 25.9. The highest BCUT2D eigenvalue weighted by Crippen LogP contribution is 2.49. The van der Waals surface area contributed by atoms with Gasteiger partial charge in [-0.2, -0.15) is 0 Å². The molecule has 1 aliphatic carbocycles. The zero-order chi connectivity index (χ0) is 44.7. The van der Waals surface area contributed by atoms with E-state index in [1.807, 2.05) is 5.92 Å². The molecule has 8 atom stereocenters. The van der Waals surface area contributed by atoms with Crippen molar-refractivity contribution in [2.24, 2.45) is 0 Å². The van der Waals surface area contributed by atoms with Gasteiger partial charge in [0.1, 0.15) is 43.2 Å². The molecule has 0 saturated heterocycles. The number of rotatable bonds is 24. The maximum Gasteiger partial charge on any atom is 0.472 e. The van der Waals surface area contributed by atoms with E-state index in [2.05, 4.69) is 94.3 Å². The van der Waals surface area contributed by atoms with Crippen LogP contribution in [0.5, 0.6) is 0 Å². The van der Waals surface area contributed by atoms with Gasteiger partial charge in [-0.05, 0) is 89.3 Å². The summed E-state index contributed by atoms with van der Waals surface area (Å²) >= 11 is 0. The summed E-state index contributed by atoms with van der Waals surface area (Å²) < 4.78 is 48.5. The van der Waals surface area contributed by atoms with E-state index >= 15 is 0 Å². The lowest BCUT2D eigenvalue weighted by Crippen LogP contribution is -2.64. The minimum absolute atomic E-state index is 0.0407. The average molecular weight is 873 g/mol. The van der Waals surface area contributed by atoms with Crippen LogP contribution in [0, 0.1) is 95.2 Å². The Labute approximate surface area is 351 Å². The monoisotopic (exact) mass is 872 g/mol. The molecule has 4 unspecified atom stereocenters. The fourth-order valence-corrected chi connectivity index (χ4v) is 6.81. The minimum Gasteiger partial charge on any atom is -0.456 e. The van der Waals surface area contributed by atoms with Crippen molar-refractivity contribution in [2.45, 2.75) is 140 Å². The maximum atomic E-state index is 12.9. The van der Waals surface area contributed by atoms with E-state index < -0.39 is 83.5 Å². The van der Waals surface area contributed by atoms with Gasteiger partial charge in [0.2, 0.25) is 0 Å². The van der Waals surface area contributed by atoms with Crippen LogP contribution >= 0.6 is 15.6 Å². The summed E-state index contributed by atoms with van der Waals surface area (Å²) in [5.74, 6) is 32.8. The van der Waals surface area contributed by atoms with Gasteiger partial charge >= 0.3 is 27.6 Å². The lowest BCUT2D eigenvalue weighted by atomic mass is 9.85. The average Bonchev–Trinajstić information content (AvgIpc) is 3.20. The topological polar surface area (TPSA) is 256 Å². The van der Waals surface area contributed by atoms with E-state index in [9.17, 15) is 44.0 Å². The molecule has 1 saturated carbocycles. The molecule has 60 heavy (non-hydrogen) atoms. The molecule has 0 aliphatic heterocycles.